The zero-order valence-corrected chi connectivity index (χ0v) is 26.2. The topological polar surface area (TPSA) is 92.0 Å². The molecule has 212 valence electrons. The molecule has 41 heavy (non-hydrogen) atoms. The Labute approximate surface area is 268 Å². The minimum absolute atomic E-state index is 0. The first-order valence-electron chi connectivity index (χ1n) is 12.2. The molecule has 0 radical (unpaired) electrons. The quantitative estimate of drug-likeness (QED) is 0.173. The summed E-state index contributed by atoms with van der Waals surface area (Å²) in [5.74, 6) is -2.14. The molecular weight excluding hydrogens is 875 g/mol. The van der Waals surface area contributed by atoms with Crippen molar-refractivity contribution in [3.05, 3.63) is 170 Å². The van der Waals surface area contributed by atoms with Gasteiger partial charge in [-0.05, 0) is 47.8 Å². The predicted octanol–water partition coefficient (Wildman–Crippen LogP) is 5.75. The Hall–Kier alpha value is -3.66. The average molecular weight is 901 g/mol. The third-order valence-corrected chi connectivity index (χ3v) is 5.34. The second kappa shape index (κ2) is 17.9. The maximum atomic E-state index is 9.89. The van der Waals surface area contributed by atoms with Crippen molar-refractivity contribution in [1.29, 1.82) is 0 Å². The number of nitrogens with zero attached hydrogens (tertiary/aromatic N) is 4. The first-order valence-corrected chi connectivity index (χ1v) is 12.2. The van der Waals surface area contributed by atoms with Gasteiger partial charge in [0.15, 0.2) is 0 Å². The maximum Gasteiger partial charge on any atom is 0.252 e. The van der Waals surface area contributed by atoms with E-state index in [1.165, 1.54) is 24.5 Å². The van der Waals surface area contributed by atoms with E-state index in [-0.39, 0.29) is 53.5 Å². The van der Waals surface area contributed by atoms with Crippen molar-refractivity contribution < 1.29 is 52.3 Å². The van der Waals surface area contributed by atoms with Gasteiger partial charge in [-0.2, -0.15) is 0 Å². The van der Waals surface area contributed by atoms with Gasteiger partial charge < -0.3 is 20.2 Å². The van der Waals surface area contributed by atoms with E-state index in [4.69, 9.17) is 0 Å². The number of hydrogen-bond acceptors (Lipinski definition) is 6. The maximum absolute atomic E-state index is 9.89. The van der Waals surface area contributed by atoms with E-state index in [0.717, 1.165) is 22.5 Å². The van der Waals surface area contributed by atoms with Gasteiger partial charge in [0.05, 0.1) is 0 Å². The van der Waals surface area contributed by atoms with Crippen LogP contribution >= 0.6 is 0 Å². The van der Waals surface area contributed by atoms with Crippen LogP contribution in [0.3, 0.4) is 0 Å². The molecule has 2 N–H and O–H groups in total. The molecule has 0 spiro atoms. The third kappa shape index (κ3) is 10.4. The Morgan fingerprint density at radius 1 is 0.439 bits per heavy atom. The smallest absolute Gasteiger partial charge is 0.252 e. The number of aliphatic hydroxyl groups is 2. The molecule has 6 aromatic rings. The van der Waals surface area contributed by atoms with Gasteiger partial charge in [0.1, 0.15) is 11.4 Å². The number of pyridine rings is 4. The van der Waals surface area contributed by atoms with Gasteiger partial charge >= 0.3 is 0 Å². The van der Waals surface area contributed by atoms with Gasteiger partial charge in [-0.15, -0.1) is 71.8 Å². The second-order valence-corrected chi connectivity index (χ2v) is 8.08. The largest absolute Gasteiger partial charge is 0.356 e. The summed E-state index contributed by atoms with van der Waals surface area (Å²) in [6.45, 7) is 0. The van der Waals surface area contributed by atoms with Crippen molar-refractivity contribution in [3.63, 3.8) is 0 Å². The summed E-state index contributed by atoms with van der Waals surface area (Å²) in [5.41, 5.74) is 4.33. The van der Waals surface area contributed by atoms with Gasteiger partial charge in [-0.3, -0.25) is 9.97 Å². The summed E-state index contributed by atoms with van der Waals surface area (Å²) in [6, 6.07) is 43.5. The predicted molar refractivity (Wildman–Crippen MR) is 151 cm³/mol. The summed E-state index contributed by atoms with van der Waals surface area (Å²) < 4.78 is 0. The molecule has 0 fully saturated rings. The van der Waals surface area contributed by atoms with Crippen molar-refractivity contribution >= 4 is 0 Å². The van der Waals surface area contributed by atoms with Crippen LogP contribution in [0.5, 0.6) is 0 Å². The molecule has 0 aliphatic carbocycles. The molecule has 0 atom stereocenters. The van der Waals surface area contributed by atoms with Crippen LogP contribution in [0, 0.1) is 12.1 Å². The van der Waals surface area contributed by atoms with E-state index in [2.05, 4.69) is 32.1 Å². The molecule has 0 amide bonds. The Bertz CT molecular complexity index is 1310. The average Bonchev–Trinajstić information content (AvgIpc) is 3.04. The minimum atomic E-state index is -2.14. The van der Waals surface area contributed by atoms with Crippen LogP contribution in [-0.2, 0) is 47.9 Å². The van der Waals surface area contributed by atoms with Crippen LogP contribution in [0.15, 0.2) is 146 Å². The normalized spacial score (nSPS) is 9.80. The SMILES string of the molecule is OC(O)(c1ccccn1)c1ccccn1.[Pt].[Pt].[c-]1ccccc1-c1ccccn1.[c-]1ccccc1-c1ccccn1. The summed E-state index contributed by atoms with van der Waals surface area (Å²) in [5, 5.41) is 19.8. The molecule has 4 heterocycles. The van der Waals surface area contributed by atoms with E-state index in [0.29, 0.717) is 0 Å². The summed E-state index contributed by atoms with van der Waals surface area (Å²) in [7, 11) is 0. The van der Waals surface area contributed by atoms with Gasteiger partial charge in [-0.1, -0.05) is 36.4 Å². The van der Waals surface area contributed by atoms with E-state index >= 15 is 0 Å². The van der Waals surface area contributed by atoms with E-state index < -0.39 is 5.79 Å². The fourth-order valence-electron chi connectivity index (χ4n) is 3.42. The Morgan fingerprint density at radius 3 is 1.10 bits per heavy atom. The zero-order valence-electron chi connectivity index (χ0n) is 21.7. The van der Waals surface area contributed by atoms with E-state index in [1.807, 2.05) is 84.9 Å². The molecule has 0 aliphatic heterocycles. The molecule has 6 rings (SSSR count). The van der Waals surface area contributed by atoms with E-state index in [9.17, 15) is 10.2 Å². The molecule has 2 aromatic carbocycles. The molecule has 8 heteroatoms. The number of hydrogen-bond donors (Lipinski definition) is 2. The second-order valence-electron chi connectivity index (χ2n) is 8.08. The van der Waals surface area contributed by atoms with Crippen LogP contribution in [0.2, 0.25) is 0 Å². The molecule has 0 saturated heterocycles. The van der Waals surface area contributed by atoms with Crippen molar-refractivity contribution in [3.8, 4) is 22.5 Å². The first-order chi connectivity index (χ1) is 19.1. The molecule has 0 bridgehead atoms. The first kappa shape index (κ1) is 33.5. The minimum Gasteiger partial charge on any atom is -0.356 e. The standard InChI is InChI=1S/C11H10N2O2.2C11H8N.2Pt/c14-11(15,9-5-1-3-7-12-9)10-6-2-4-8-13-10;2*1-2-6-10(7-3-1)11-8-4-5-9-12-11;;/h1-8,14-15H;2*1-6,8-9H;;/q;2*-1;;. The van der Waals surface area contributed by atoms with Crippen LogP contribution in [0.4, 0.5) is 0 Å². The molecule has 0 unspecified atom stereocenters. The van der Waals surface area contributed by atoms with Crippen LogP contribution in [0.25, 0.3) is 22.5 Å². The molecular formula is C33H26N4O2Pt2-2. The molecule has 4 aromatic heterocycles. The summed E-state index contributed by atoms with van der Waals surface area (Å²) in [6.07, 6.45) is 6.57. The number of aromatic nitrogens is 4. The number of benzene rings is 2. The van der Waals surface area contributed by atoms with Gasteiger partial charge in [-0.25, -0.2) is 0 Å². The van der Waals surface area contributed by atoms with Crippen molar-refractivity contribution in [2.24, 2.45) is 0 Å². The summed E-state index contributed by atoms with van der Waals surface area (Å²) in [4.78, 5) is 16.2. The van der Waals surface area contributed by atoms with Crippen molar-refractivity contribution in [1.82, 2.24) is 19.9 Å². The number of rotatable bonds is 4. The fraction of sp³-hybridized carbons (Fsp3) is 0.0303. The van der Waals surface area contributed by atoms with Gasteiger partial charge in [0, 0.05) is 66.9 Å². The van der Waals surface area contributed by atoms with E-state index in [1.54, 1.807) is 36.7 Å². The summed E-state index contributed by atoms with van der Waals surface area (Å²) >= 11 is 0. The molecule has 6 nitrogen and oxygen atoms in total. The van der Waals surface area contributed by atoms with Crippen LogP contribution in [0.1, 0.15) is 11.4 Å². The Balaban J connectivity index is 0.000000212. The van der Waals surface area contributed by atoms with Gasteiger partial charge in [0.2, 0.25) is 0 Å². The van der Waals surface area contributed by atoms with Crippen LogP contribution in [-0.4, -0.2) is 30.1 Å². The monoisotopic (exact) mass is 900 g/mol. The fourth-order valence-corrected chi connectivity index (χ4v) is 3.42. The Morgan fingerprint density at radius 2 is 0.805 bits per heavy atom. The van der Waals surface area contributed by atoms with Crippen LogP contribution < -0.4 is 0 Å². The zero-order chi connectivity index (χ0) is 27.2. The van der Waals surface area contributed by atoms with Gasteiger partial charge in [0.25, 0.3) is 5.79 Å². The third-order valence-electron chi connectivity index (χ3n) is 5.34. The van der Waals surface area contributed by atoms with Crippen molar-refractivity contribution in [2.45, 2.75) is 5.79 Å². The Kier molecular flexibility index (Phi) is 14.7. The molecule has 0 aliphatic rings. The van der Waals surface area contributed by atoms with Crippen molar-refractivity contribution in [2.75, 3.05) is 0 Å². The molecule has 0 saturated carbocycles.